The van der Waals surface area contributed by atoms with Crippen molar-refractivity contribution in [3.8, 4) is 22.6 Å². The summed E-state index contributed by atoms with van der Waals surface area (Å²) in [5.41, 5.74) is 12.7. The quantitative estimate of drug-likeness (QED) is 0.190. The first-order valence-corrected chi connectivity index (χ1v) is 22.6. The molecule has 0 aliphatic carbocycles. The maximum atomic E-state index is 11.7. The van der Waals surface area contributed by atoms with Gasteiger partial charge in [-0.3, -0.25) is 0 Å². The maximum absolute atomic E-state index is 11.7. The van der Waals surface area contributed by atoms with Crippen molar-refractivity contribution < 1.29 is 28.1 Å². The minimum atomic E-state index is -0.553. The Bertz CT molecular complexity index is 1880. The largest absolute Gasteiger partial charge is 0.507 e. The molecule has 0 spiro atoms. The van der Waals surface area contributed by atoms with Crippen LogP contribution in [0.4, 0.5) is 5.69 Å². The number of phenols is 2. The van der Waals surface area contributed by atoms with Gasteiger partial charge in [0.25, 0.3) is 0 Å². The van der Waals surface area contributed by atoms with E-state index in [0.717, 1.165) is 33.4 Å². The predicted molar refractivity (Wildman–Crippen MR) is 242 cm³/mol. The molecule has 4 heteroatoms. The van der Waals surface area contributed by atoms with Crippen LogP contribution in [0, 0.1) is 13.8 Å². The third kappa shape index (κ3) is 10.9. The van der Waals surface area contributed by atoms with Crippen LogP contribution in [0.25, 0.3) is 11.1 Å². The third-order valence-electron chi connectivity index (χ3n) is 11.0. The normalized spacial score (nSPS) is 12.8. The number of phenolic OH excluding ortho intramolecular Hbond substituents is 2. The van der Waals surface area contributed by atoms with Crippen molar-refractivity contribution in [1.82, 2.24) is 0 Å². The van der Waals surface area contributed by atoms with Crippen LogP contribution in [0.5, 0.6) is 11.5 Å². The van der Waals surface area contributed by atoms with Crippen molar-refractivity contribution in [1.29, 1.82) is 0 Å². The van der Waals surface area contributed by atoms with Crippen LogP contribution in [-0.2, 0) is 45.0 Å². The van der Waals surface area contributed by atoms with Gasteiger partial charge in [-0.05, 0) is 57.8 Å². The minimum Gasteiger partial charge on any atom is -0.507 e. The smallest absolute Gasteiger partial charge is 0.127 e. The number of hydrogen-bond donors (Lipinski definition) is 2. The average molecular weight is 842 g/mol. The summed E-state index contributed by atoms with van der Waals surface area (Å²) < 4.78 is 7.59. The second-order valence-electron chi connectivity index (χ2n) is 21.1. The Hall–Kier alpha value is -3.16. The zero-order chi connectivity index (χ0) is 42.9. The van der Waals surface area contributed by atoms with Crippen LogP contribution in [0.15, 0.2) is 64.2 Å². The van der Waals surface area contributed by atoms with Crippen molar-refractivity contribution in [3.63, 3.8) is 0 Å². The van der Waals surface area contributed by atoms with E-state index >= 15 is 0 Å². The Balaban J connectivity index is 0.000000313. The summed E-state index contributed by atoms with van der Waals surface area (Å²) in [4.78, 5) is 0. The van der Waals surface area contributed by atoms with Gasteiger partial charge in [0.15, 0.2) is 0 Å². The summed E-state index contributed by atoms with van der Waals surface area (Å²) in [5, 5.41) is 23.3. The zero-order valence-electron chi connectivity index (χ0n) is 38.8. The summed E-state index contributed by atoms with van der Waals surface area (Å²) in [6, 6.07) is 21.7. The predicted octanol–water partition coefficient (Wildman–Crippen LogP) is 15.2. The molecule has 0 saturated carbocycles. The van der Waals surface area contributed by atoms with E-state index in [1.54, 1.807) is 0 Å². The fourth-order valence-corrected chi connectivity index (χ4v) is 9.50. The molecule has 0 saturated heterocycles. The van der Waals surface area contributed by atoms with Crippen molar-refractivity contribution in [2.45, 2.75) is 177 Å². The number of aromatic hydroxyl groups is 2. The van der Waals surface area contributed by atoms with Gasteiger partial charge in [-0.1, -0.05) is 95.2 Å². The van der Waals surface area contributed by atoms with E-state index in [2.05, 4.69) is 204 Å². The Labute approximate surface area is 350 Å². The first-order chi connectivity index (χ1) is 25.4. The summed E-state index contributed by atoms with van der Waals surface area (Å²) in [6.45, 7) is 43.8. The molecule has 0 aliphatic rings. The molecule has 0 bridgehead atoms. The van der Waals surface area contributed by atoms with Gasteiger partial charge in [0, 0.05) is 22.3 Å². The number of benzene rings is 4. The molecule has 0 aromatic heterocycles. The molecule has 0 amide bonds. The number of hydrogen-bond acceptors (Lipinski definition) is 3. The summed E-state index contributed by atoms with van der Waals surface area (Å²) in [7, 11) is 0. The van der Waals surface area contributed by atoms with E-state index in [0.29, 0.717) is 11.8 Å². The van der Waals surface area contributed by atoms with Gasteiger partial charge in [-0.25, -0.2) is 0 Å². The molecule has 0 radical (unpaired) electrons. The van der Waals surface area contributed by atoms with E-state index in [9.17, 15) is 10.2 Å². The average Bonchev–Trinajstić information content (AvgIpc) is 3.04. The Morgan fingerprint density at radius 1 is 0.518 bits per heavy atom. The van der Waals surface area contributed by atoms with Gasteiger partial charge in [0.2, 0.25) is 0 Å². The van der Waals surface area contributed by atoms with Crippen LogP contribution in [0.2, 0.25) is 0 Å². The van der Waals surface area contributed by atoms with Crippen molar-refractivity contribution in [3.05, 3.63) is 111 Å². The molecule has 4 rings (SSSR count). The van der Waals surface area contributed by atoms with Crippen molar-refractivity contribution in [2.75, 3.05) is 0 Å². The molecule has 56 heavy (non-hydrogen) atoms. The van der Waals surface area contributed by atoms with E-state index in [1.807, 2.05) is 0 Å². The van der Waals surface area contributed by atoms with Crippen LogP contribution in [-0.4, -0.2) is 14.6 Å². The molecule has 0 atom stereocenters. The Morgan fingerprint density at radius 2 is 0.875 bits per heavy atom. The van der Waals surface area contributed by atoms with Gasteiger partial charge in [0.05, 0.1) is 0 Å². The molecule has 4 aromatic rings. The summed E-state index contributed by atoms with van der Waals surface area (Å²) >= 11 is -0.553. The van der Waals surface area contributed by atoms with Crippen LogP contribution in [0.3, 0.4) is 0 Å². The minimum absolute atomic E-state index is 0.0811. The molecule has 0 aliphatic heterocycles. The monoisotopic (exact) mass is 843 g/mol. The van der Waals surface area contributed by atoms with Gasteiger partial charge in [-0.15, -0.1) is 0 Å². The standard InChI is InChI=1S/C30H46O2.C12H17N.C10H12.Mo/c1-17-19(27(3,4)5)15-21(29(9,10)11)25(31)23(17)24-18(2)20(28(6,7)8)16-22(26(24)32)30(12,13)14;1-8(2)10-6-5-7-11(9(3)4)12(10)13;1-10(2,3)9-7-5-4-6-8-9;/h15-16,31-32H,1-14H3;5-9H,1-4H3;1,4-8H,2-3H3;. The van der Waals surface area contributed by atoms with Crippen molar-refractivity contribution in [2.24, 2.45) is 3.50 Å². The van der Waals surface area contributed by atoms with Gasteiger partial charge in [-0.2, -0.15) is 0 Å². The van der Waals surface area contributed by atoms with Crippen LogP contribution in [0.1, 0.15) is 187 Å². The fraction of sp³-hybridized carbons (Fsp3) is 0.519. The molecule has 0 fully saturated rings. The molecular weight excluding hydrogens is 767 g/mol. The second kappa shape index (κ2) is 17.4. The SMILES string of the molecule is CC(C)c1cccc(C(C)C)c1[N]=[Mo]=[CH]C(C)(C)c1ccccc1.Cc1c(C(C)(C)C)cc(C(C)(C)C)c(O)c1-c1c(C)c(C(C)(C)C)cc(C(C)(C)C)c1O. The second-order valence-corrected chi connectivity index (χ2v) is 22.7. The van der Waals surface area contributed by atoms with Crippen LogP contribution < -0.4 is 0 Å². The van der Waals surface area contributed by atoms with E-state index < -0.39 is 17.9 Å². The van der Waals surface area contributed by atoms with Gasteiger partial charge < -0.3 is 10.2 Å². The first kappa shape index (κ1) is 47.2. The van der Waals surface area contributed by atoms with Gasteiger partial charge >= 0.3 is 156 Å². The Morgan fingerprint density at radius 3 is 1.20 bits per heavy atom. The topological polar surface area (TPSA) is 52.8 Å². The van der Waals surface area contributed by atoms with E-state index in [1.165, 1.54) is 33.5 Å². The summed E-state index contributed by atoms with van der Waals surface area (Å²) in [6.07, 6.45) is 0. The molecule has 0 unspecified atom stereocenters. The number of nitrogens with zero attached hydrogens (tertiary/aromatic N) is 1. The third-order valence-corrected chi connectivity index (χ3v) is 13.4. The first-order valence-electron chi connectivity index (χ1n) is 20.6. The number of rotatable bonds is 6. The van der Waals surface area contributed by atoms with Crippen molar-refractivity contribution >= 4 is 10.1 Å². The summed E-state index contributed by atoms with van der Waals surface area (Å²) in [5.74, 6) is 1.59. The van der Waals surface area contributed by atoms with E-state index in [-0.39, 0.29) is 38.6 Å². The Kier molecular flexibility index (Phi) is 14.6. The molecule has 0 heterocycles. The fourth-order valence-electron chi connectivity index (χ4n) is 7.61. The molecule has 2 N–H and O–H groups in total. The molecule has 306 valence electrons. The zero-order valence-corrected chi connectivity index (χ0v) is 40.8. The maximum Gasteiger partial charge on any atom is 0.127 e. The van der Waals surface area contributed by atoms with Gasteiger partial charge in [0.1, 0.15) is 11.5 Å². The molecule has 4 aromatic carbocycles. The molecular formula is C52H75MoNO2. The van der Waals surface area contributed by atoms with E-state index in [4.69, 9.17) is 3.50 Å². The van der Waals surface area contributed by atoms with Crippen LogP contribution >= 0.6 is 0 Å². The molecule has 3 nitrogen and oxygen atoms in total.